The van der Waals surface area contributed by atoms with Crippen molar-refractivity contribution in [3.63, 3.8) is 0 Å². The van der Waals surface area contributed by atoms with Gasteiger partial charge in [0.1, 0.15) is 0 Å². The van der Waals surface area contributed by atoms with Crippen LogP contribution in [0.5, 0.6) is 0 Å². The molecule has 2 fully saturated rings. The number of carbonyl (C=O) groups excluding carboxylic acids is 1. The molecule has 5 heteroatoms. The van der Waals surface area contributed by atoms with E-state index in [-0.39, 0.29) is 24.2 Å². The van der Waals surface area contributed by atoms with Crippen molar-refractivity contribution in [2.24, 2.45) is 5.92 Å². The molecule has 25 heavy (non-hydrogen) atoms. The van der Waals surface area contributed by atoms with E-state index >= 15 is 0 Å². The van der Waals surface area contributed by atoms with Gasteiger partial charge in [-0.25, -0.2) is 0 Å². The average molecular weight is 367 g/mol. The lowest BCUT2D eigenvalue weighted by molar-refractivity contribution is -0.120. The Hall–Kier alpha value is -1.10. The van der Waals surface area contributed by atoms with Crippen molar-refractivity contribution in [2.45, 2.75) is 70.6 Å². The number of hydrogen-bond donors (Lipinski definition) is 2. The zero-order valence-electron chi connectivity index (χ0n) is 15.1. The second kappa shape index (κ2) is 10.1. The molecule has 2 N–H and O–H groups in total. The van der Waals surface area contributed by atoms with Gasteiger partial charge in [-0.1, -0.05) is 31.4 Å². The summed E-state index contributed by atoms with van der Waals surface area (Å²) in [4.78, 5) is 12.5. The minimum Gasteiger partial charge on any atom is -0.374 e. The van der Waals surface area contributed by atoms with Crippen LogP contribution in [0.4, 0.5) is 5.69 Å². The number of anilines is 1. The van der Waals surface area contributed by atoms with Crippen LogP contribution in [0.3, 0.4) is 0 Å². The standard InChI is InChI=1S/C20H30N2O2.ClH/c1-15-12-17(10-11-21-15)20(23)22-18-7-5-6-16(13-18)14-24-19-8-3-2-4-9-19;/h5-7,13,15,17,19,21H,2-4,8-12,14H2,1H3,(H,22,23);1H/t15-,17-;/m0./s1. The van der Waals surface area contributed by atoms with Crippen LogP contribution in [0, 0.1) is 5.92 Å². The fourth-order valence-electron chi connectivity index (χ4n) is 3.80. The Morgan fingerprint density at radius 1 is 1.24 bits per heavy atom. The van der Waals surface area contributed by atoms with E-state index in [1.807, 2.05) is 18.2 Å². The van der Waals surface area contributed by atoms with Gasteiger partial charge in [0.15, 0.2) is 0 Å². The summed E-state index contributed by atoms with van der Waals surface area (Å²) >= 11 is 0. The molecule has 4 nitrogen and oxygen atoms in total. The average Bonchev–Trinajstić information content (AvgIpc) is 2.61. The van der Waals surface area contributed by atoms with Gasteiger partial charge in [-0.15, -0.1) is 12.4 Å². The van der Waals surface area contributed by atoms with Crippen LogP contribution in [0.1, 0.15) is 57.4 Å². The lowest BCUT2D eigenvalue weighted by Crippen LogP contribution is -2.40. The highest BCUT2D eigenvalue weighted by atomic mass is 35.5. The molecule has 1 heterocycles. The Labute approximate surface area is 157 Å². The molecule has 2 atom stereocenters. The number of rotatable bonds is 5. The van der Waals surface area contributed by atoms with E-state index in [9.17, 15) is 4.79 Å². The van der Waals surface area contributed by atoms with Crippen LogP contribution in [0.15, 0.2) is 24.3 Å². The van der Waals surface area contributed by atoms with E-state index in [1.165, 1.54) is 32.1 Å². The first-order valence-corrected chi connectivity index (χ1v) is 9.45. The molecule has 1 amide bonds. The summed E-state index contributed by atoms with van der Waals surface area (Å²) < 4.78 is 6.04. The lowest BCUT2D eigenvalue weighted by atomic mass is 9.92. The predicted molar refractivity (Wildman–Crippen MR) is 104 cm³/mol. The second-order valence-electron chi connectivity index (χ2n) is 7.34. The number of carbonyl (C=O) groups is 1. The highest BCUT2D eigenvalue weighted by molar-refractivity contribution is 5.92. The number of benzene rings is 1. The molecular formula is C20H31ClN2O2. The van der Waals surface area contributed by atoms with Crippen LogP contribution < -0.4 is 10.6 Å². The smallest absolute Gasteiger partial charge is 0.227 e. The number of hydrogen-bond acceptors (Lipinski definition) is 3. The molecule has 3 rings (SSSR count). The summed E-state index contributed by atoms with van der Waals surface area (Å²) in [6.07, 6.45) is 8.53. The first kappa shape index (κ1) is 20.2. The van der Waals surface area contributed by atoms with E-state index in [1.54, 1.807) is 0 Å². The summed E-state index contributed by atoms with van der Waals surface area (Å²) in [6, 6.07) is 8.51. The number of amides is 1. The van der Waals surface area contributed by atoms with E-state index in [0.29, 0.717) is 18.8 Å². The normalized spacial score (nSPS) is 24.4. The molecular weight excluding hydrogens is 336 g/mol. The third-order valence-corrected chi connectivity index (χ3v) is 5.23. The largest absolute Gasteiger partial charge is 0.374 e. The van der Waals surface area contributed by atoms with Crippen molar-refractivity contribution in [1.82, 2.24) is 5.32 Å². The van der Waals surface area contributed by atoms with Crippen LogP contribution in [-0.2, 0) is 16.1 Å². The monoisotopic (exact) mass is 366 g/mol. The van der Waals surface area contributed by atoms with Gasteiger partial charge in [0.2, 0.25) is 5.91 Å². The van der Waals surface area contributed by atoms with Crippen molar-refractivity contribution >= 4 is 24.0 Å². The molecule has 1 aromatic rings. The summed E-state index contributed by atoms with van der Waals surface area (Å²) in [5, 5.41) is 6.48. The van der Waals surface area contributed by atoms with Gasteiger partial charge < -0.3 is 15.4 Å². The maximum atomic E-state index is 12.5. The minimum atomic E-state index is 0. The molecule has 1 saturated carbocycles. The topological polar surface area (TPSA) is 50.4 Å². The maximum Gasteiger partial charge on any atom is 0.227 e. The molecule has 0 radical (unpaired) electrons. The van der Waals surface area contributed by atoms with E-state index in [2.05, 4.69) is 23.6 Å². The molecule has 0 spiro atoms. The van der Waals surface area contributed by atoms with Crippen LogP contribution in [0.25, 0.3) is 0 Å². The van der Waals surface area contributed by atoms with Crippen molar-refractivity contribution < 1.29 is 9.53 Å². The van der Waals surface area contributed by atoms with Crippen molar-refractivity contribution in [3.05, 3.63) is 29.8 Å². The molecule has 1 saturated heterocycles. The molecule has 0 aromatic heterocycles. The molecule has 1 aliphatic heterocycles. The van der Waals surface area contributed by atoms with E-state index in [4.69, 9.17) is 4.74 Å². The van der Waals surface area contributed by atoms with Crippen molar-refractivity contribution in [1.29, 1.82) is 0 Å². The summed E-state index contributed by atoms with van der Waals surface area (Å²) in [6.45, 7) is 3.70. The van der Waals surface area contributed by atoms with Gasteiger partial charge in [-0.2, -0.15) is 0 Å². The molecule has 2 aliphatic rings. The number of nitrogens with one attached hydrogen (secondary N) is 2. The van der Waals surface area contributed by atoms with Crippen LogP contribution in [-0.4, -0.2) is 24.6 Å². The lowest BCUT2D eigenvalue weighted by Gasteiger charge is -2.27. The zero-order chi connectivity index (χ0) is 16.8. The van der Waals surface area contributed by atoms with Gasteiger partial charge in [-0.05, 0) is 56.8 Å². The number of halogens is 1. The third kappa shape index (κ3) is 6.28. The van der Waals surface area contributed by atoms with Gasteiger partial charge in [0.05, 0.1) is 12.7 Å². The van der Waals surface area contributed by atoms with E-state index in [0.717, 1.165) is 30.6 Å². The Bertz CT molecular complexity index is 546. The van der Waals surface area contributed by atoms with Crippen LogP contribution >= 0.6 is 12.4 Å². The quantitative estimate of drug-likeness (QED) is 0.817. The third-order valence-electron chi connectivity index (χ3n) is 5.23. The number of ether oxygens (including phenoxy) is 1. The second-order valence-corrected chi connectivity index (χ2v) is 7.34. The molecule has 0 unspecified atom stereocenters. The first-order valence-electron chi connectivity index (χ1n) is 9.45. The van der Waals surface area contributed by atoms with E-state index < -0.39 is 0 Å². The van der Waals surface area contributed by atoms with Gasteiger partial charge >= 0.3 is 0 Å². The highest BCUT2D eigenvalue weighted by Crippen LogP contribution is 2.23. The van der Waals surface area contributed by atoms with Crippen molar-refractivity contribution in [3.8, 4) is 0 Å². The zero-order valence-corrected chi connectivity index (χ0v) is 15.9. The molecule has 0 bridgehead atoms. The molecule has 1 aromatic carbocycles. The van der Waals surface area contributed by atoms with Gasteiger partial charge in [-0.3, -0.25) is 4.79 Å². The predicted octanol–water partition coefficient (Wildman–Crippen LogP) is 4.28. The Balaban J connectivity index is 0.00000225. The summed E-state index contributed by atoms with van der Waals surface area (Å²) in [5.74, 6) is 0.261. The van der Waals surface area contributed by atoms with Gasteiger partial charge in [0, 0.05) is 17.6 Å². The SMILES string of the molecule is C[C@H]1C[C@@H](C(=O)Nc2cccc(COC3CCCCC3)c2)CCN1.Cl. The molecule has 140 valence electrons. The van der Waals surface area contributed by atoms with Gasteiger partial charge in [0.25, 0.3) is 0 Å². The summed E-state index contributed by atoms with van der Waals surface area (Å²) in [7, 11) is 0. The maximum absolute atomic E-state index is 12.5. The van der Waals surface area contributed by atoms with Crippen molar-refractivity contribution in [2.75, 3.05) is 11.9 Å². The minimum absolute atomic E-state index is 0. The fourth-order valence-corrected chi connectivity index (χ4v) is 3.80. The number of piperidine rings is 1. The highest BCUT2D eigenvalue weighted by Gasteiger charge is 2.24. The fraction of sp³-hybridized carbons (Fsp3) is 0.650. The Morgan fingerprint density at radius 2 is 2.04 bits per heavy atom. The summed E-state index contributed by atoms with van der Waals surface area (Å²) in [5.41, 5.74) is 2.02. The Kier molecular flexibility index (Phi) is 8.20. The Morgan fingerprint density at radius 3 is 2.80 bits per heavy atom. The first-order chi connectivity index (χ1) is 11.7. The molecule has 1 aliphatic carbocycles. The van der Waals surface area contributed by atoms with Crippen LogP contribution in [0.2, 0.25) is 0 Å².